The predicted molar refractivity (Wildman–Crippen MR) is 71.8 cm³/mol. The standard InChI is InChI=1S/C10H9BrN2OS2/c1-5(9(12)14)15-10-13-7-4-2-3-6(11)8(7)16-10/h2-5H,1H3,(H2,12,14)/t5-/m0/s1. The predicted octanol–water partition coefficient (Wildman–Crippen LogP) is 3.02. The molecule has 0 radical (unpaired) electrons. The lowest BCUT2D eigenvalue weighted by Crippen LogP contribution is -2.22. The van der Waals surface area contributed by atoms with Crippen LogP contribution in [-0.2, 0) is 4.79 Å². The van der Waals surface area contributed by atoms with E-state index in [9.17, 15) is 4.79 Å². The van der Waals surface area contributed by atoms with Crippen molar-refractivity contribution in [2.75, 3.05) is 0 Å². The van der Waals surface area contributed by atoms with E-state index in [4.69, 9.17) is 5.73 Å². The number of hydrogen-bond donors (Lipinski definition) is 1. The van der Waals surface area contributed by atoms with E-state index in [0.29, 0.717) is 0 Å². The summed E-state index contributed by atoms with van der Waals surface area (Å²) in [5, 5.41) is -0.251. The Morgan fingerprint density at radius 1 is 1.62 bits per heavy atom. The number of thiazole rings is 1. The molecule has 0 saturated carbocycles. The van der Waals surface area contributed by atoms with Crippen molar-refractivity contribution in [2.45, 2.75) is 16.5 Å². The van der Waals surface area contributed by atoms with E-state index in [1.165, 1.54) is 11.8 Å². The van der Waals surface area contributed by atoms with Gasteiger partial charge < -0.3 is 5.73 Å². The molecule has 0 saturated heterocycles. The number of carbonyl (C=O) groups is 1. The van der Waals surface area contributed by atoms with Crippen LogP contribution < -0.4 is 5.73 Å². The van der Waals surface area contributed by atoms with Crippen molar-refractivity contribution >= 4 is 55.2 Å². The average molecular weight is 317 g/mol. The third-order valence-corrected chi connectivity index (χ3v) is 5.27. The molecule has 1 amide bonds. The zero-order valence-corrected chi connectivity index (χ0v) is 11.7. The molecule has 2 aromatic rings. The summed E-state index contributed by atoms with van der Waals surface area (Å²) in [5.41, 5.74) is 6.16. The number of primary amides is 1. The van der Waals surface area contributed by atoms with E-state index in [1.807, 2.05) is 18.2 Å². The minimum Gasteiger partial charge on any atom is -0.369 e. The summed E-state index contributed by atoms with van der Waals surface area (Å²) in [5.74, 6) is -0.316. The molecule has 0 aliphatic rings. The van der Waals surface area contributed by atoms with Crippen LogP contribution in [0.3, 0.4) is 0 Å². The fraction of sp³-hybridized carbons (Fsp3) is 0.200. The fourth-order valence-electron chi connectivity index (χ4n) is 1.15. The first-order valence-electron chi connectivity index (χ1n) is 4.59. The Morgan fingerprint density at radius 2 is 2.38 bits per heavy atom. The Labute approximate surface area is 110 Å². The van der Waals surface area contributed by atoms with Crippen LogP contribution in [0, 0.1) is 0 Å². The first kappa shape index (κ1) is 11.9. The number of carbonyl (C=O) groups excluding carboxylic acids is 1. The van der Waals surface area contributed by atoms with Crippen molar-refractivity contribution in [1.82, 2.24) is 4.98 Å². The van der Waals surface area contributed by atoms with E-state index >= 15 is 0 Å². The first-order chi connectivity index (χ1) is 7.58. The quantitative estimate of drug-likeness (QED) is 0.885. The van der Waals surface area contributed by atoms with Gasteiger partial charge in [-0.3, -0.25) is 4.79 Å². The molecule has 0 aliphatic carbocycles. The van der Waals surface area contributed by atoms with Gasteiger partial charge in [-0.25, -0.2) is 4.98 Å². The number of nitrogens with two attached hydrogens (primary N) is 1. The highest BCUT2D eigenvalue weighted by Crippen LogP contribution is 2.35. The number of amides is 1. The number of nitrogens with zero attached hydrogens (tertiary/aromatic N) is 1. The van der Waals surface area contributed by atoms with Crippen LogP contribution in [0.1, 0.15) is 6.92 Å². The molecule has 1 heterocycles. The van der Waals surface area contributed by atoms with Gasteiger partial charge in [0.2, 0.25) is 5.91 Å². The fourth-order valence-corrected chi connectivity index (χ4v) is 3.90. The number of fused-ring (bicyclic) bond motifs is 1. The Balaban J connectivity index is 2.33. The molecule has 0 aliphatic heterocycles. The molecule has 2 N–H and O–H groups in total. The lowest BCUT2D eigenvalue weighted by Gasteiger charge is -2.01. The minimum atomic E-state index is -0.316. The van der Waals surface area contributed by atoms with Crippen LogP contribution in [0.2, 0.25) is 0 Å². The van der Waals surface area contributed by atoms with Crippen molar-refractivity contribution in [3.8, 4) is 0 Å². The molecule has 6 heteroatoms. The Kier molecular flexibility index (Phi) is 3.51. The molecule has 2 rings (SSSR count). The van der Waals surface area contributed by atoms with Gasteiger partial charge in [-0.15, -0.1) is 11.3 Å². The molecule has 0 spiro atoms. The van der Waals surface area contributed by atoms with E-state index < -0.39 is 0 Å². The summed E-state index contributed by atoms with van der Waals surface area (Å²) in [6.45, 7) is 1.79. The van der Waals surface area contributed by atoms with Crippen molar-refractivity contribution in [1.29, 1.82) is 0 Å². The lowest BCUT2D eigenvalue weighted by molar-refractivity contribution is -0.117. The molecule has 0 fully saturated rings. The van der Waals surface area contributed by atoms with E-state index in [-0.39, 0.29) is 11.2 Å². The third-order valence-electron chi connectivity index (χ3n) is 2.03. The molecular formula is C10H9BrN2OS2. The van der Waals surface area contributed by atoms with Crippen molar-refractivity contribution in [2.24, 2.45) is 5.73 Å². The highest BCUT2D eigenvalue weighted by Gasteiger charge is 2.14. The van der Waals surface area contributed by atoms with Gasteiger partial charge in [0.25, 0.3) is 0 Å². The molecule has 0 bridgehead atoms. The molecule has 3 nitrogen and oxygen atoms in total. The Bertz CT molecular complexity index is 541. The zero-order chi connectivity index (χ0) is 11.7. The molecular weight excluding hydrogens is 308 g/mol. The molecule has 0 unspecified atom stereocenters. The largest absolute Gasteiger partial charge is 0.369 e. The second-order valence-corrected chi connectivity index (χ2v) is 6.67. The maximum absolute atomic E-state index is 11.0. The number of benzene rings is 1. The number of rotatable bonds is 3. The first-order valence-corrected chi connectivity index (χ1v) is 7.08. The van der Waals surface area contributed by atoms with Crippen LogP contribution in [0.4, 0.5) is 0 Å². The van der Waals surface area contributed by atoms with Gasteiger partial charge in [-0.2, -0.15) is 0 Å². The molecule has 16 heavy (non-hydrogen) atoms. The van der Waals surface area contributed by atoms with E-state index in [1.54, 1.807) is 18.3 Å². The molecule has 1 atom stereocenters. The highest BCUT2D eigenvalue weighted by atomic mass is 79.9. The topological polar surface area (TPSA) is 56.0 Å². The second-order valence-electron chi connectivity index (χ2n) is 3.23. The number of aromatic nitrogens is 1. The van der Waals surface area contributed by atoms with Gasteiger partial charge in [0.1, 0.15) is 0 Å². The minimum absolute atomic E-state index is 0.251. The molecule has 1 aromatic carbocycles. The van der Waals surface area contributed by atoms with Crippen molar-refractivity contribution in [3.05, 3.63) is 22.7 Å². The maximum atomic E-state index is 11.0. The summed E-state index contributed by atoms with van der Waals surface area (Å²) in [4.78, 5) is 15.4. The third kappa shape index (κ3) is 2.39. The number of thioether (sulfide) groups is 1. The highest BCUT2D eigenvalue weighted by molar-refractivity contribution is 9.10. The number of hydrogen-bond acceptors (Lipinski definition) is 4. The van der Waals surface area contributed by atoms with Gasteiger partial charge in [0.05, 0.1) is 15.5 Å². The summed E-state index contributed by atoms with van der Waals surface area (Å²) in [6, 6.07) is 5.88. The van der Waals surface area contributed by atoms with Crippen molar-refractivity contribution < 1.29 is 4.79 Å². The van der Waals surface area contributed by atoms with Gasteiger partial charge in [-0.05, 0) is 35.0 Å². The smallest absolute Gasteiger partial charge is 0.230 e. The lowest BCUT2D eigenvalue weighted by atomic mass is 10.3. The normalized spacial score (nSPS) is 12.9. The van der Waals surface area contributed by atoms with Crippen LogP contribution >= 0.6 is 39.0 Å². The Hall–Kier alpha value is -0.590. The van der Waals surface area contributed by atoms with Gasteiger partial charge in [-0.1, -0.05) is 17.8 Å². The van der Waals surface area contributed by atoms with Crippen LogP contribution in [0.5, 0.6) is 0 Å². The van der Waals surface area contributed by atoms with E-state index in [0.717, 1.165) is 19.0 Å². The summed E-state index contributed by atoms with van der Waals surface area (Å²) in [6.07, 6.45) is 0. The van der Waals surface area contributed by atoms with Crippen LogP contribution in [0.15, 0.2) is 27.0 Å². The summed E-state index contributed by atoms with van der Waals surface area (Å²) < 4.78 is 3.00. The SMILES string of the molecule is C[C@H](Sc1nc2cccc(Br)c2s1)C(N)=O. The average Bonchev–Trinajstić information content (AvgIpc) is 2.61. The Morgan fingerprint density at radius 3 is 3.00 bits per heavy atom. The van der Waals surface area contributed by atoms with Crippen molar-refractivity contribution in [3.63, 3.8) is 0 Å². The zero-order valence-electron chi connectivity index (χ0n) is 8.44. The maximum Gasteiger partial charge on any atom is 0.230 e. The van der Waals surface area contributed by atoms with Gasteiger partial charge >= 0.3 is 0 Å². The number of halogens is 1. The van der Waals surface area contributed by atoms with E-state index in [2.05, 4.69) is 20.9 Å². The van der Waals surface area contributed by atoms with Gasteiger partial charge in [0.15, 0.2) is 4.34 Å². The summed E-state index contributed by atoms with van der Waals surface area (Å²) in [7, 11) is 0. The molecule has 1 aromatic heterocycles. The summed E-state index contributed by atoms with van der Waals surface area (Å²) >= 11 is 6.44. The monoisotopic (exact) mass is 316 g/mol. The second kappa shape index (κ2) is 4.73. The van der Waals surface area contributed by atoms with Gasteiger partial charge in [0, 0.05) is 4.47 Å². The van der Waals surface area contributed by atoms with Crippen LogP contribution in [-0.4, -0.2) is 16.1 Å². The molecule has 84 valence electrons. The van der Waals surface area contributed by atoms with Crippen LogP contribution in [0.25, 0.3) is 10.2 Å².